The van der Waals surface area contributed by atoms with Crippen LogP contribution in [0.3, 0.4) is 0 Å². The molecule has 1 saturated heterocycles. The lowest BCUT2D eigenvalue weighted by Gasteiger charge is -2.47. The van der Waals surface area contributed by atoms with E-state index in [1.165, 1.54) is 0 Å². The second-order valence-corrected chi connectivity index (χ2v) is 7.07. The standard InChI is InChI=1S/C14H18ClNO2S/c1-13(2)7-8-19-9-14(13,12(17)18)16-11-5-3-10(15)4-6-11/h3-6,16H,7-9H2,1-2H3,(H,17,18). The van der Waals surface area contributed by atoms with Crippen LogP contribution in [0.4, 0.5) is 5.69 Å². The Morgan fingerprint density at radius 1 is 1.37 bits per heavy atom. The number of rotatable bonds is 3. The summed E-state index contributed by atoms with van der Waals surface area (Å²) in [5.41, 5.74) is -0.449. The van der Waals surface area contributed by atoms with Gasteiger partial charge in [0.05, 0.1) is 0 Å². The molecule has 1 atom stereocenters. The van der Waals surface area contributed by atoms with Gasteiger partial charge in [-0.05, 0) is 36.4 Å². The lowest BCUT2D eigenvalue weighted by molar-refractivity contribution is -0.145. The largest absolute Gasteiger partial charge is 0.479 e. The summed E-state index contributed by atoms with van der Waals surface area (Å²) in [6, 6.07) is 7.18. The van der Waals surface area contributed by atoms with Gasteiger partial charge < -0.3 is 10.4 Å². The molecule has 1 aliphatic rings. The number of carbonyl (C=O) groups is 1. The van der Waals surface area contributed by atoms with Gasteiger partial charge in [-0.3, -0.25) is 0 Å². The van der Waals surface area contributed by atoms with Crippen molar-refractivity contribution in [2.75, 3.05) is 16.8 Å². The highest BCUT2D eigenvalue weighted by Gasteiger charge is 2.53. The maximum atomic E-state index is 11.9. The first-order chi connectivity index (χ1) is 8.87. The summed E-state index contributed by atoms with van der Waals surface area (Å²) in [5.74, 6) is 0.780. The Hall–Kier alpha value is -0.870. The van der Waals surface area contributed by atoms with Gasteiger partial charge in [-0.15, -0.1) is 0 Å². The zero-order valence-electron chi connectivity index (χ0n) is 11.1. The van der Waals surface area contributed by atoms with Crippen molar-refractivity contribution in [1.82, 2.24) is 0 Å². The van der Waals surface area contributed by atoms with E-state index in [0.717, 1.165) is 17.9 Å². The summed E-state index contributed by atoms with van der Waals surface area (Å²) in [6.07, 6.45) is 0.880. The zero-order valence-corrected chi connectivity index (χ0v) is 12.6. The van der Waals surface area contributed by atoms with Crippen molar-refractivity contribution in [3.05, 3.63) is 29.3 Å². The fourth-order valence-electron chi connectivity index (χ4n) is 2.35. The number of benzene rings is 1. The van der Waals surface area contributed by atoms with Gasteiger partial charge in [-0.2, -0.15) is 11.8 Å². The predicted molar refractivity (Wildman–Crippen MR) is 81.2 cm³/mol. The molecule has 1 aliphatic heterocycles. The van der Waals surface area contributed by atoms with Gasteiger partial charge in [0.2, 0.25) is 0 Å². The van der Waals surface area contributed by atoms with E-state index in [-0.39, 0.29) is 5.41 Å². The summed E-state index contributed by atoms with van der Waals surface area (Å²) >= 11 is 7.54. The molecule has 0 aliphatic carbocycles. The molecule has 1 fully saturated rings. The minimum absolute atomic E-state index is 0.302. The second-order valence-electron chi connectivity index (χ2n) is 5.53. The number of carboxylic acid groups (broad SMARTS) is 1. The molecular weight excluding hydrogens is 282 g/mol. The highest BCUT2D eigenvalue weighted by Crippen LogP contribution is 2.44. The first-order valence-corrected chi connectivity index (χ1v) is 7.76. The van der Waals surface area contributed by atoms with Crippen molar-refractivity contribution in [2.45, 2.75) is 25.8 Å². The van der Waals surface area contributed by atoms with E-state index in [1.807, 2.05) is 26.0 Å². The molecule has 0 aromatic heterocycles. The monoisotopic (exact) mass is 299 g/mol. The number of anilines is 1. The highest BCUT2D eigenvalue weighted by molar-refractivity contribution is 7.99. The Morgan fingerprint density at radius 3 is 2.53 bits per heavy atom. The predicted octanol–water partition coefficient (Wildman–Crippen LogP) is 3.74. The van der Waals surface area contributed by atoms with Gasteiger partial charge in [0.15, 0.2) is 0 Å². The molecule has 3 nitrogen and oxygen atoms in total. The fourth-order valence-corrected chi connectivity index (χ4v) is 4.17. The third-order valence-electron chi connectivity index (χ3n) is 3.91. The Morgan fingerprint density at radius 2 is 2.00 bits per heavy atom. The summed E-state index contributed by atoms with van der Waals surface area (Å²) < 4.78 is 0. The molecule has 5 heteroatoms. The molecule has 2 N–H and O–H groups in total. The number of hydrogen-bond acceptors (Lipinski definition) is 3. The lowest BCUT2D eigenvalue weighted by atomic mass is 9.70. The van der Waals surface area contributed by atoms with Crippen LogP contribution >= 0.6 is 23.4 Å². The van der Waals surface area contributed by atoms with Gasteiger partial charge >= 0.3 is 5.97 Å². The normalized spacial score (nSPS) is 25.8. The van der Waals surface area contributed by atoms with Crippen molar-refractivity contribution in [3.63, 3.8) is 0 Å². The molecule has 2 rings (SSSR count). The molecular formula is C14H18ClNO2S. The molecule has 1 unspecified atom stereocenters. The maximum Gasteiger partial charge on any atom is 0.330 e. The molecule has 0 amide bonds. The molecule has 19 heavy (non-hydrogen) atoms. The van der Waals surface area contributed by atoms with Gasteiger partial charge in [-0.1, -0.05) is 25.4 Å². The van der Waals surface area contributed by atoms with E-state index >= 15 is 0 Å². The minimum atomic E-state index is -0.941. The topological polar surface area (TPSA) is 49.3 Å². The quantitative estimate of drug-likeness (QED) is 0.893. The van der Waals surface area contributed by atoms with Gasteiger partial charge in [0.1, 0.15) is 5.54 Å². The number of hydrogen-bond donors (Lipinski definition) is 2. The minimum Gasteiger partial charge on any atom is -0.479 e. The summed E-state index contributed by atoms with van der Waals surface area (Å²) in [7, 11) is 0. The van der Waals surface area contributed by atoms with Gasteiger partial charge in [0.25, 0.3) is 0 Å². The van der Waals surface area contributed by atoms with Crippen LogP contribution in [0.2, 0.25) is 5.02 Å². The van der Waals surface area contributed by atoms with Crippen molar-refractivity contribution in [3.8, 4) is 0 Å². The van der Waals surface area contributed by atoms with Crippen LogP contribution in [0.5, 0.6) is 0 Å². The number of thioether (sulfide) groups is 1. The van der Waals surface area contributed by atoms with E-state index in [9.17, 15) is 9.90 Å². The first-order valence-electron chi connectivity index (χ1n) is 6.22. The number of aliphatic carboxylic acids is 1. The van der Waals surface area contributed by atoms with Crippen LogP contribution in [0.25, 0.3) is 0 Å². The van der Waals surface area contributed by atoms with Gasteiger partial charge in [0, 0.05) is 21.9 Å². The lowest BCUT2D eigenvalue weighted by Crippen LogP contribution is -2.61. The van der Waals surface area contributed by atoms with Gasteiger partial charge in [-0.25, -0.2) is 4.79 Å². The maximum absolute atomic E-state index is 11.9. The number of nitrogens with one attached hydrogen (secondary N) is 1. The highest BCUT2D eigenvalue weighted by atomic mass is 35.5. The zero-order chi connectivity index (χ0) is 14.1. The van der Waals surface area contributed by atoms with Crippen LogP contribution in [-0.2, 0) is 4.79 Å². The average Bonchev–Trinajstić information content (AvgIpc) is 2.34. The summed E-state index contributed by atoms with van der Waals surface area (Å²) in [5, 5.41) is 13.6. The molecule has 1 aromatic rings. The molecule has 1 aromatic carbocycles. The van der Waals surface area contributed by atoms with Crippen LogP contribution in [0.15, 0.2) is 24.3 Å². The summed E-state index contributed by atoms with van der Waals surface area (Å²) in [6.45, 7) is 4.04. The first kappa shape index (κ1) is 14.5. The fraction of sp³-hybridized carbons (Fsp3) is 0.500. The van der Waals surface area contributed by atoms with Crippen molar-refractivity contribution < 1.29 is 9.90 Å². The average molecular weight is 300 g/mol. The number of halogens is 1. The molecule has 1 heterocycles. The van der Waals surface area contributed by atoms with Crippen LogP contribution in [-0.4, -0.2) is 28.1 Å². The number of carboxylic acids is 1. The molecule has 104 valence electrons. The van der Waals surface area contributed by atoms with Crippen LogP contribution < -0.4 is 5.32 Å². The Balaban J connectivity index is 2.34. The summed E-state index contributed by atoms with van der Waals surface area (Å²) in [4.78, 5) is 11.9. The van der Waals surface area contributed by atoms with E-state index in [0.29, 0.717) is 10.8 Å². The van der Waals surface area contributed by atoms with E-state index in [1.54, 1.807) is 23.9 Å². The second kappa shape index (κ2) is 5.25. The van der Waals surface area contributed by atoms with Crippen LogP contribution in [0.1, 0.15) is 20.3 Å². The van der Waals surface area contributed by atoms with Crippen LogP contribution in [0, 0.1) is 5.41 Å². The third kappa shape index (κ3) is 2.70. The van der Waals surface area contributed by atoms with E-state index < -0.39 is 11.5 Å². The van der Waals surface area contributed by atoms with E-state index in [2.05, 4.69) is 5.32 Å². The van der Waals surface area contributed by atoms with Crippen molar-refractivity contribution in [1.29, 1.82) is 0 Å². The SMILES string of the molecule is CC1(C)CCSCC1(Nc1ccc(Cl)cc1)C(=O)O. The van der Waals surface area contributed by atoms with Crippen molar-refractivity contribution >= 4 is 35.0 Å². The third-order valence-corrected chi connectivity index (χ3v) is 5.29. The Bertz CT molecular complexity index is 475. The molecule has 0 radical (unpaired) electrons. The molecule has 0 spiro atoms. The Kier molecular flexibility index (Phi) is 4.02. The van der Waals surface area contributed by atoms with E-state index in [4.69, 9.17) is 11.6 Å². The Labute approximate surface area is 122 Å². The smallest absolute Gasteiger partial charge is 0.330 e. The molecule has 0 bridgehead atoms. The van der Waals surface area contributed by atoms with Crippen molar-refractivity contribution in [2.24, 2.45) is 5.41 Å². The molecule has 0 saturated carbocycles.